The summed E-state index contributed by atoms with van der Waals surface area (Å²) in [5.41, 5.74) is 1.46. The minimum absolute atomic E-state index is 0.109. The molecular weight excluding hydrogens is 438 g/mol. The van der Waals surface area contributed by atoms with Gasteiger partial charge in [0.1, 0.15) is 11.6 Å². The van der Waals surface area contributed by atoms with Gasteiger partial charge in [0.25, 0.3) is 11.6 Å². The second-order valence-electron chi connectivity index (χ2n) is 7.10. The van der Waals surface area contributed by atoms with Crippen LogP contribution in [0.2, 0.25) is 0 Å². The number of nitrogens with one attached hydrogen (secondary N) is 1. The van der Waals surface area contributed by atoms with E-state index in [4.69, 9.17) is 9.47 Å². The first-order valence-electron chi connectivity index (χ1n) is 9.95. The smallest absolute Gasteiger partial charge is 0.343 e. The van der Waals surface area contributed by atoms with Crippen LogP contribution in [0.15, 0.2) is 72.3 Å². The lowest BCUT2D eigenvalue weighted by Gasteiger charge is -2.10. The van der Waals surface area contributed by atoms with Crippen molar-refractivity contribution in [2.75, 3.05) is 12.4 Å². The molecule has 0 aliphatic rings. The number of benzene rings is 3. The minimum atomic E-state index is -0.753. The van der Waals surface area contributed by atoms with Crippen LogP contribution < -0.4 is 14.8 Å². The molecule has 0 radical (unpaired) electrons. The summed E-state index contributed by atoms with van der Waals surface area (Å²) >= 11 is 0. The maximum Gasteiger partial charge on any atom is 0.343 e. The van der Waals surface area contributed by atoms with Gasteiger partial charge < -0.3 is 14.8 Å². The molecule has 0 aliphatic carbocycles. The summed E-state index contributed by atoms with van der Waals surface area (Å²) < 4.78 is 10.7. The van der Waals surface area contributed by atoms with Gasteiger partial charge in [-0.25, -0.2) is 4.79 Å². The van der Waals surface area contributed by atoms with Gasteiger partial charge in [-0.2, -0.15) is 5.26 Å². The van der Waals surface area contributed by atoms with Crippen LogP contribution in [0.4, 0.5) is 11.4 Å². The largest absolute Gasteiger partial charge is 0.493 e. The Hall–Kier alpha value is -4.97. The highest BCUT2D eigenvalue weighted by molar-refractivity contribution is 6.09. The molecule has 3 aromatic carbocycles. The van der Waals surface area contributed by atoms with Crippen LogP contribution in [0.3, 0.4) is 0 Å². The summed E-state index contributed by atoms with van der Waals surface area (Å²) in [4.78, 5) is 35.4. The second-order valence-corrected chi connectivity index (χ2v) is 7.10. The first kappa shape index (κ1) is 23.7. The molecule has 0 spiro atoms. The molecule has 0 atom stereocenters. The Bertz CT molecular complexity index is 1320. The molecule has 0 saturated heterocycles. The van der Waals surface area contributed by atoms with Gasteiger partial charge in [0, 0.05) is 17.8 Å². The van der Waals surface area contributed by atoms with Crippen LogP contribution in [0, 0.1) is 28.4 Å². The molecule has 34 heavy (non-hydrogen) atoms. The molecule has 0 saturated carbocycles. The lowest BCUT2D eigenvalue weighted by Crippen LogP contribution is -2.13. The number of esters is 1. The fourth-order valence-electron chi connectivity index (χ4n) is 2.92. The number of non-ortho nitro benzene ring substituents is 1. The van der Waals surface area contributed by atoms with Crippen LogP contribution in [-0.2, 0) is 4.79 Å². The molecule has 0 aromatic heterocycles. The van der Waals surface area contributed by atoms with Crippen molar-refractivity contribution in [1.82, 2.24) is 0 Å². The fourth-order valence-corrected chi connectivity index (χ4v) is 2.92. The highest BCUT2D eigenvalue weighted by Crippen LogP contribution is 2.30. The van der Waals surface area contributed by atoms with Crippen molar-refractivity contribution < 1.29 is 24.0 Å². The van der Waals surface area contributed by atoms with Crippen molar-refractivity contribution in [1.29, 1.82) is 5.26 Å². The van der Waals surface area contributed by atoms with Gasteiger partial charge in [0.05, 0.1) is 17.6 Å². The maximum atomic E-state index is 12.5. The lowest BCUT2D eigenvalue weighted by atomic mass is 10.1. The number of rotatable bonds is 7. The SMILES string of the molecule is COc1ccc(/C=C(\C#N)C(=O)Nc2cccc([N+](=O)[O-])c2)cc1OC(=O)c1ccc(C)cc1. The van der Waals surface area contributed by atoms with E-state index in [0.717, 1.165) is 5.56 Å². The molecule has 1 N–H and O–H groups in total. The summed E-state index contributed by atoms with van der Waals surface area (Å²) in [6, 6.07) is 18.6. The van der Waals surface area contributed by atoms with E-state index < -0.39 is 16.8 Å². The second kappa shape index (κ2) is 10.6. The van der Waals surface area contributed by atoms with Gasteiger partial charge in [0.2, 0.25) is 0 Å². The Morgan fingerprint density at radius 2 is 1.79 bits per heavy atom. The third-order valence-corrected chi connectivity index (χ3v) is 4.67. The van der Waals surface area contributed by atoms with Crippen LogP contribution >= 0.6 is 0 Å². The molecule has 0 bridgehead atoms. The summed E-state index contributed by atoms with van der Waals surface area (Å²) in [6.07, 6.45) is 1.30. The van der Waals surface area contributed by atoms with Crippen LogP contribution in [-0.4, -0.2) is 23.9 Å². The Morgan fingerprint density at radius 3 is 2.44 bits per heavy atom. The summed E-state index contributed by atoms with van der Waals surface area (Å²) in [7, 11) is 1.42. The minimum Gasteiger partial charge on any atom is -0.493 e. The Morgan fingerprint density at radius 1 is 1.06 bits per heavy atom. The highest BCUT2D eigenvalue weighted by atomic mass is 16.6. The van der Waals surface area contributed by atoms with Crippen LogP contribution in [0.5, 0.6) is 11.5 Å². The summed E-state index contributed by atoms with van der Waals surface area (Å²) in [5.74, 6) is -0.948. The van der Waals surface area contributed by atoms with Crippen molar-refractivity contribution >= 4 is 29.3 Å². The van der Waals surface area contributed by atoms with Crippen molar-refractivity contribution in [2.24, 2.45) is 0 Å². The Balaban J connectivity index is 1.84. The van der Waals surface area contributed by atoms with E-state index in [0.29, 0.717) is 11.1 Å². The molecule has 9 heteroatoms. The first-order valence-corrected chi connectivity index (χ1v) is 9.95. The number of nitro benzene ring substituents is 1. The number of methoxy groups -OCH3 is 1. The topological polar surface area (TPSA) is 132 Å². The third-order valence-electron chi connectivity index (χ3n) is 4.67. The van der Waals surface area contributed by atoms with E-state index in [1.165, 1.54) is 49.6 Å². The molecule has 1 amide bonds. The molecule has 3 aromatic rings. The molecule has 0 unspecified atom stereocenters. The first-order chi connectivity index (χ1) is 16.3. The van der Waals surface area contributed by atoms with E-state index in [2.05, 4.69) is 5.32 Å². The average Bonchev–Trinajstić information content (AvgIpc) is 2.83. The summed E-state index contributed by atoms with van der Waals surface area (Å²) in [5, 5.41) is 22.8. The number of carbonyl (C=O) groups is 2. The third kappa shape index (κ3) is 5.83. The van der Waals surface area contributed by atoms with Gasteiger partial charge in [-0.15, -0.1) is 0 Å². The Kier molecular flexibility index (Phi) is 7.36. The number of aryl methyl sites for hydroxylation is 1. The van der Waals surface area contributed by atoms with E-state index in [1.807, 2.05) is 6.92 Å². The molecule has 170 valence electrons. The quantitative estimate of drug-likeness (QED) is 0.136. The van der Waals surface area contributed by atoms with Gasteiger partial charge >= 0.3 is 5.97 Å². The number of ether oxygens (including phenoxy) is 2. The summed E-state index contributed by atoms with van der Waals surface area (Å²) in [6.45, 7) is 1.90. The monoisotopic (exact) mass is 457 g/mol. The number of carbonyl (C=O) groups excluding carboxylic acids is 2. The number of nitro groups is 1. The van der Waals surface area contributed by atoms with E-state index in [9.17, 15) is 25.0 Å². The van der Waals surface area contributed by atoms with Crippen molar-refractivity contribution in [2.45, 2.75) is 6.92 Å². The molecule has 9 nitrogen and oxygen atoms in total. The van der Waals surface area contributed by atoms with Gasteiger partial charge in [0.15, 0.2) is 11.5 Å². The maximum absolute atomic E-state index is 12.5. The Labute approximate surface area is 195 Å². The zero-order valence-corrected chi connectivity index (χ0v) is 18.3. The number of nitrogens with zero attached hydrogens (tertiary/aromatic N) is 2. The lowest BCUT2D eigenvalue weighted by molar-refractivity contribution is -0.384. The van der Waals surface area contributed by atoms with Gasteiger partial charge in [-0.3, -0.25) is 14.9 Å². The number of hydrogen-bond donors (Lipinski definition) is 1. The molecule has 0 heterocycles. The molecular formula is C25H19N3O6. The number of anilines is 1. The molecule has 0 aliphatic heterocycles. The van der Waals surface area contributed by atoms with Crippen molar-refractivity contribution in [3.05, 3.63) is 99.1 Å². The number of nitriles is 1. The van der Waals surface area contributed by atoms with E-state index in [-0.39, 0.29) is 28.4 Å². The van der Waals surface area contributed by atoms with Crippen LogP contribution in [0.1, 0.15) is 21.5 Å². The van der Waals surface area contributed by atoms with Crippen LogP contribution in [0.25, 0.3) is 6.08 Å². The zero-order valence-electron chi connectivity index (χ0n) is 18.3. The van der Waals surface area contributed by atoms with Gasteiger partial charge in [-0.1, -0.05) is 29.8 Å². The molecule has 3 rings (SSSR count). The normalized spacial score (nSPS) is 10.7. The van der Waals surface area contributed by atoms with Gasteiger partial charge in [-0.05, 0) is 48.9 Å². The average molecular weight is 457 g/mol. The number of amides is 1. The predicted octanol–water partition coefficient (Wildman–Crippen LogP) is 4.68. The highest BCUT2D eigenvalue weighted by Gasteiger charge is 2.15. The molecule has 0 fully saturated rings. The van der Waals surface area contributed by atoms with E-state index >= 15 is 0 Å². The van der Waals surface area contributed by atoms with E-state index in [1.54, 1.807) is 36.4 Å². The number of hydrogen-bond acceptors (Lipinski definition) is 7. The fraction of sp³-hybridized carbons (Fsp3) is 0.0800. The van der Waals surface area contributed by atoms with Crippen molar-refractivity contribution in [3.8, 4) is 17.6 Å². The zero-order chi connectivity index (χ0) is 24.7. The van der Waals surface area contributed by atoms with Crippen molar-refractivity contribution in [3.63, 3.8) is 0 Å². The predicted molar refractivity (Wildman–Crippen MR) is 124 cm³/mol. The standard InChI is InChI=1S/C25H19N3O6/c1-16-6-9-18(10-7-16)25(30)34-23-13-17(8-11-22(23)33-2)12-19(15-26)24(29)27-20-4-3-5-21(14-20)28(31)32/h3-14H,1-2H3,(H,27,29)/b19-12+.